The van der Waals surface area contributed by atoms with E-state index in [1.165, 1.54) is 18.3 Å². The summed E-state index contributed by atoms with van der Waals surface area (Å²) in [7, 11) is 1.73. The number of rotatable bonds is 4. The van der Waals surface area contributed by atoms with E-state index in [0.717, 1.165) is 5.69 Å². The van der Waals surface area contributed by atoms with E-state index < -0.39 is 12.1 Å². The van der Waals surface area contributed by atoms with Crippen LogP contribution in [0.15, 0.2) is 34.9 Å². The van der Waals surface area contributed by atoms with Crippen molar-refractivity contribution in [2.75, 3.05) is 17.7 Å². The van der Waals surface area contributed by atoms with E-state index in [-0.39, 0.29) is 10.3 Å². The molecule has 0 bridgehead atoms. The number of halogens is 4. The third-order valence-corrected chi connectivity index (χ3v) is 3.73. The standard InChI is InChI=1S/C15H12BrF3N4O/c1-21-10-3-2-8(6-9(10)7-20)11-4-5-12(13(16)22-11)23-14(24)15(17,18)19/h2-7,20-21H,1H3,(H,23,24). The third kappa shape index (κ3) is 3.91. The largest absolute Gasteiger partial charge is 0.471 e. The van der Waals surface area contributed by atoms with Crippen molar-refractivity contribution in [3.63, 3.8) is 0 Å². The molecule has 0 saturated carbocycles. The van der Waals surface area contributed by atoms with Gasteiger partial charge in [-0.15, -0.1) is 0 Å². The van der Waals surface area contributed by atoms with Gasteiger partial charge in [0.05, 0.1) is 11.4 Å². The normalized spacial score (nSPS) is 11.0. The summed E-state index contributed by atoms with van der Waals surface area (Å²) in [6.07, 6.45) is -3.79. The minimum atomic E-state index is -4.97. The van der Waals surface area contributed by atoms with Gasteiger partial charge >= 0.3 is 12.1 Å². The minimum absolute atomic E-state index is 0.0756. The van der Waals surface area contributed by atoms with Crippen molar-refractivity contribution >= 4 is 39.4 Å². The Morgan fingerprint density at radius 2 is 1.92 bits per heavy atom. The number of carbonyl (C=O) groups excluding carboxylic acids is 1. The molecule has 0 aliphatic carbocycles. The summed E-state index contributed by atoms with van der Waals surface area (Å²) in [6, 6.07) is 8.07. The molecule has 0 fully saturated rings. The highest BCUT2D eigenvalue weighted by atomic mass is 79.9. The fraction of sp³-hybridized carbons (Fsp3) is 0.133. The number of pyridine rings is 1. The molecule has 0 atom stereocenters. The van der Waals surface area contributed by atoms with Crippen LogP contribution in [0, 0.1) is 5.41 Å². The van der Waals surface area contributed by atoms with E-state index in [1.54, 1.807) is 30.6 Å². The average Bonchev–Trinajstić information content (AvgIpc) is 2.55. The van der Waals surface area contributed by atoms with Crippen molar-refractivity contribution in [3.8, 4) is 11.3 Å². The molecule has 0 saturated heterocycles. The zero-order valence-corrected chi connectivity index (χ0v) is 13.9. The molecule has 1 amide bonds. The summed E-state index contributed by atoms with van der Waals surface area (Å²) >= 11 is 3.05. The molecule has 0 aliphatic rings. The van der Waals surface area contributed by atoms with Gasteiger partial charge in [0, 0.05) is 30.1 Å². The maximum atomic E-state index is 12.3. The van der Waals surface area contributed by atoms with Crippen LogP contribution in [0.3, 0.4) is 0 Å². The molecule has 0 unspecified atom stereocenters. The molecule has 0 spiro atoms. The second-order valence-electron chi connectivity index (χ2n) is 4.68. The van der Waals surface area contributed by atoms with Crippen molar-refractivity contribution in [2.24, 2.45) is 0 Å². The van der Waals surface area contributed by atoms with E-state index in [2.05, 4.69) is 26.2 Å². The van der Waals surface area contributed by atoms with Gasteiger partial charge in [-0.3, -0.25) is 4.79 Å². The van der Waals surface area contributed by atoms with E-state index in [1.807, 2.05) is 0 Å². The van der Waals surface area contributed by atoms with E-state index >= 15 is 0 Å². The predicted octanol–water partition coefficient (Wildman–Crippen LogP) is 4.05. The van der Waals surface area contributed by atoms with Crippen LogP contribution in [0.5, 0.6) is 0 Å². The third-order valence-electron chi connectivity index (χ3n) is 3.13. The number of aromatic nitrogens is 1. The van der Waals surface area contributed by atoms with Crippen LogP contribution in [0.2, 0.25) is 0 Å². The van der Waals surface area contributed by atoms with Gasteiger partial charge in [0.15, 0.2) is 0 Å². The number of hydrogen-bond donors (Lipinski definition) is 3. The van der Waals surface area contributed by atoms with Gasteiger partial charge in [0.1, 0.15) is 4.60 Å². The first-order chi connectivity index (χ1) is 11.3. The number of alkyl halides is 3. The van der Waals surface area contributed by atoms with Crippen LogP contribution in [-0.4, -0.2) is 30.3 Å². The minimum Gasteiger partial charge on any atom is -0.388 e. The van der Waals surface area contributed by atoms with Crippen LogP contribution in [-0.2, 0) is 4.79 Å². The molecule has 1 aromatic carbocycles. The van der Waals surface area contributed by atoms with Crippen molar-refractivity contribution in [3.05, 3.63) is 40.5 Å². The Kier molecular flexibility index (Phi) is 5.23. The van der Waals surface area contributed by atoms with Crippen molar-refractivity contribution in [2.45, 2.75) is 6.18 Å². The number of carbonyl (C=O) groups is 1. The average molecular weight is 401 g/mol. The lowest BCUT2D eigenvalue weighted by molar-refractivity contribution is -0.167. The molecule has 0 aliphatic heterocycles. The summed E-state index contributed by atoms with van der Waals surface area (Å²) in [5.41, 5.74) is 2.49. The SMILES string of the molecule is CNc1ccc(-c2ccc(NC(=O)C(F)(F)F)c(Br)n2)cc1C=N. The van der Waals surface area contributed by atoms with Crippen LogP contribution < -0.4 is 10.6 Å². The second kappa shape index (κ2) is 7.00. The summed E-state index contributed by atoms with van der Waals surface area (Å²) in [4.78, 5) is 15.1. The lowest BCUT2D eigenvalue weighted by atomic mass is 10.1. The number of amides is 1. The second-order valence-corrected chi connectivity index (χ2v) is 5.43. The van der Waals surface area contributed by atoms with Crippen LogP contribution in [0.1, 0.15) is 5.56 Å². The van der Waals surface area contributed by atoms with Gasteiger partial charge in [-0.2, -0.15) is 13.2 Å². The van der Waals surface area contributed by atoms with Gasteiger partial charge in [0.25, 0.3) is 0 Å². The highest BCUT2D eigenvalue weighted by Crippen LogP contribution is 2.29. The maximum absolute atomic E-state index is 12.3. The van der Waals surface area contributed by atoms with Crippen molar-refractivity contribution in [1.82, 2.24) is 4.98 Å². The van der Waals surface area contributed by atoms with Gasteiger partial charge in [-0.05, 0) is 40.2 Å². The highest BCUT2D eigenvalue weighted by molar-refractivity contribution is 9.10. The molecular weight excluding hydrogens is 389 g/mol. The Balaban J connectivity index is 2.33. The fourth-order valence-electron chi connectivity index (χ4n) is 1.95. The van der Waals surface area contributed by atoms with Crippen molar-refractivity contribution in [1.29, 1.82) is 5.41 Å². The zero-order valence-electron chi connectivity index (χ0n) is 12.3. The molecule has 24 heavy (non-hydrogen) atoms. The molecule has 2 aromatic rings. The van der Waals surface area contributed by atoms with Gasteiger partial charge in [-0.1, -0.05) is 6.07 Å². The number of nitrogens with one attached hydrogen (secondary N) is 3. The van der Waals surface area contributed by atoms with Gasteiger partial charge in [-0.25, -0.2) is 4.98 Å². The van der Waals surface area contributed by atoms with Crippen LogP contribution >= 0.6 is 15.9 Å². The molecule has 3 N–H and O–H groups in total. The van der Waals surface area contributed by atoms with Gasteiger partial charge in [0.2, 0.25) is 0 Å². The number of nitrogens with zero attached hydrogens (tertiary/aromatic N) is 1. The first-order valence-electron chi connectivity index (χ1n) is 6.63. The molecule has 2 rings (SSSR count). The number of hydrogen-bond acceptors (Lipinski definition) is 4. The molecule has 1 aromatic heterocycles. The zero-order chi connectivity index (χ0) is 17.9. The predicted molar refractivity (Wildman–Crippen MR) is 89.5 cm³/mol. The quantitative estimate of drug-likeness (QED) is 0.535. The highest BCUT2D eigenvalue weighted by Gasteiger charge is 2.39. The Bertz CT molecular complexity index is 793. The molecule has 9 heteroatoms. The lowest BCUT2D eigenvalue weighted by Crippen LogP contribution is -2.30. The Labute approximate surface area is 143 Å². The lowest BCUT2D eigenvalue weighted by Gasteiger charge is -2.11. The first kappa shape index (κ1) is 17.9. The number of benzene rings is 1. The smallest absolute Gasteiger partial charge is 0.388 e. The van der Waals surface area contributed by atoms with Crippen LogP contribution in [0.25, 0.3) is 11.3 Å². The molecular formula is C15H12BrF3N4O. The van der Waals surface area contributed by atoms with E-state index in [9.17, 15) is 18.0 Å². The Morgan fingerprint density at radius 3 is 2.46 bits per heavy atom. The first-order valence-corrected chi connectivity index (χ1v) is 7.43. The summed E-state index contributed by atoms with van der Waals surface area (Å²) in [5, 5.41) is 12.1. The summed E-state index contributed by atoms with van der Waals surface area (Å²) in [6.45, 7) is 0. The Hall–Kier alpha value is -2.42. The Morgan fingerprint density at radius 1 is 1.25 bits per heavy atom. The molecule has 126 valence electrons. The summed E-state index contributed by atoms with van der Waals surface area (Å²) < 4.78 is 36.9. The van der Waals surface area contributed by atoms with Gasteiger partial charge < -0.3 is 16.0 Å². The van der Waals surface area contributed by atoms with Crippen molar-refractivity contribution < 1.29 is 18.0 Å². The van der Waals surface area contributed by atoms with E-state index in [4.69, 9.17) is 5.41 Å². The molecule has 1 heterocycles. The maximum Gasteiger partial charge on any atom is 0.471 e. The monoisotopic (exact) mass is 400 g/mol. The molecule has 0 radical (unpaired) electrons. The topological polar surface area (TPSA) is 77.9 Å². The fourth-order valence-corrected chi connectivity index (χ4v) is 2.37. The number of anilines is 2. The molecule has 5 nitrogen and oxygen atoms in total. The van der Waals surface area contributed by atoms with E-state index in [0.29, 0.717) is 16.8 Å². The van der Waals surface area contributed by atoms with Crippen LogP contribution in [0.4, 0.5) is 24.5 Å². The summed E-state index contributed by atoms with van der Waals surface area (Å²) in [5.74, 6) is -2.07.